The Morgan fingerprint density at radius 2 is 1.85 bits per heavy atom. The van der Waals surface area contributed by atoms with E-state index in [-0.39, 0.29) is 5.91 Å². The van der Waals surface area contributed by atoms with Gasteiger partial charge in [0.05, 0.1) is 23.9 Å². The maximum Gasteiger partial charge on any atom is 0.235 e. The number of anilines is 1. The normalized spacial score (nSPS) is 16.1. The molecule has 1 aromatic carbocycles. The van der Waals surface area contributed by atoms with Crippen LogP contribution in [0.25, 0.3) is 0 Å². The minimum atomic E-state index is -0.441. The maximum atomic E-state index is 13.3. The van der Waals surface area contributed by atoms with E-state index in [0.717, 1.165) is 43.4 Å². The molecule has 2 aromatic rings. The van der Waals surface area contributed by atoms with Crippen molar-refractivity contribution in [1.82, 2.24) is 4.98 Å². The van der Waals surface area contributed by atoms with Crippen molar-refractivity contribution in [2.24, 2.45) is 0 Å². The number of rotatable bonds is 6. The van der Waals surface area contributed by atoms with Crippen LogP contribution in [-0.2, 0) is 10.2 Å². The average molecular weight is 352 g/mol. The number of carbonyl (C=O) groups is 1. The third kappa shape index (κ3) is 4.06. The van der Waals surface area contributed by atoms with Crippen LogP contribution in [0.1, 0.15) is 56.6 Å². The molecule has 1 amide bonds. The molecule has 1 aromatic heterocycles. The minimum Gasteiger partial charge on any atom is -0.478 e. The second-order valence-corrected chi connectivity index (χ2v) is 7.20. The zero-order valence-corrected chi connectivity index (χ0v) is 15.8. The van der Waals surface area contributed by atoms with Crippen molar-refractivity contribution in [3.63, 3.8) is 0 Å². The van der Waals surface area contributed by atoms with Crippen LogP contribution in [0.15, 0.2) is 42.6 Å². The number of nitrogens with one attached hydrogen (secondary N) is 1. The van der Waals surface area contributed by atoms with Gasteiger partial charge in [-0.1, -0.05) is 56.0 Å². The quantitative estimate of drug-likeness (QED) is 0.794. The molecule has 1 heterocycles. The standard InChI is InChI=1S/C22H28N2O2/c1-3-15-26-20-12-11-19(16-23-20)24-21(25)22(13-5-4-6-14-22)18-9-7-17(2)8-10-18/h7-12,16H,3-6,13-15H2,1-2H3,(H,24,25). The van der Waals surface area contributed by atoms with Crippen LogP contribution in [0.5, 0.6) is 5.88 Å². The van der Waals surface area contributed by atoms with Crippen LogP contribution in [0.2, 0.25) is 0 Å². The third-order valence-corrected chi connectivity index (χ3v) is 5.19. The van der Waals surface area contributed by atoms with E-state index in [2.05, 4.69) is 48.4 Å². The van der Waals surface area contributed by atoms with Gasteiger partial charge in [0, 0.05) is 6.07 Å². The zero-order valence-electron chi connectivity index (χ0n) is 15.8. The minimum absolute atomic E-state index is 0.0741. The highest BCUT2D eigenvalue weighted by molar-refractivity contribution is 5.99. The van der Waals surface area contributed by atoms with Crippen LogP contribution >= 0.6 is 0 Å². The van der Waals surface area contributed by atoms with E-state index in [9.17, 15) is 4.79 Å². The predicted octanol–water partition coefficient (Wildman–Crippen LogP) is 5.02. The first-order chi connectivity index (χ1) is 12.6. The van der Waals surface area contributed by atoms with Gasteiger partial charge in [0.15, 0.2) is 0 Å². The van der Waals surface area contributed by atoms with Gasteiger partial charge in [-0.25, -0.2) is 4.98 Å². The first-order valence-corrected chi connectivity index (χ1v) is 9.61. The van der Waals surface area contributed by atoms with Crippen LogP contribution in [0.4, 0.5) is 5.69 Å². The van der Waals surface area contributed by atoms with Crippen LogP contribution in [0.3, 0.4) is 0 Å². The molecule has 4 heteroatoms. The maximum absolute atomic E-state index is 13.3. The summed E-state index contributed by atoms with van der Waals surface area (Å²) < 4.78 is 5.51. The van der Waals surface area contributed by atoms with Gasteiger partial charge in [-0.3, -0.25) is 4.79 Å². The highest BCUT2D eigenvalue weighted by atomic mass is 16.5. The third-order valence-electron chi connectivity index (χ3n) is 5.19. The summed E-state index contributed by atoms with van der Waals surface area (Å²) in [5.41, 5.74) is 2.61. The summed E-state index contributed by atoms with van der Waals surface area (Å²) >= 11 is 0. The van der Waals surface area contributed by atoms with Crippen LogP contribution < -0.4 is 10.1 Å². The largest absolute Gasteiger partial charge is 0.478 e. The summed E-state index contributed by atoms with van der Waals surface area (Å²) in [6.45, 7) is 4.78. The summed E-state index contributed by atoms with van der Waals surface area (Å²) in [7, 11) is 0. The van der Waals surface area contributed by atoms with E-state index in [4.69, 9.17) is 4.74 Å². The number of benzene rings is 1. The number of ether oxygens (including phenoxy) is 1. The molecular formula is C22H28N2O2. The Hall–Kier alpha value is -2.36. The first-order valence-electron chi connectivity index (χ1n) is 9.61. The van der Waals surface area contributed by atoms with E-state index in [0.29, 0.717) is 12.5 Å². The Balaban J connectivity index is 1.78. The molecular weight excluding hydrogens is 324 g/mol. The van der Waals surface area contributed by atoms with E-state index in [1.165, 1.54) is 12.0 Å². The number of aromatic nitrogens is 1. The molecule has 1 aliphatic carbocycles. The van der Waals surface area contributed by atoms with E-state index in [1.807, 2.05) is 12.1 Å². The molecule has 26 heavy (non-hydrogen) atoms. The van der Waals surface area contributed by atoms with E-state index < -0.39 is 5.41 Å². The topological polar surface area (TPSA) is 51.2 Å². The number of hydrogen-bond donors (Lipinski definition) is 1. The molecule has 0 spiro atoms. The van der Waals surface area contributed by atoms with E-state index in [1.54, 1.807) is 6.20 Å². The number of hydrogen-bond acceptors (Lipinski definition) is 3. The second kappa shape index (κ2) is 8.35. The van der Waals surface area contributed by atoms with E-state index >= 15 is 0 Å². The Bertz CT molecular complexity index is 717. The summed E-state index contributed by atoms with van der Waals surface area (Å²) in [5.74, 6) is 0.667. The van der Waals surface area contributed by atoms with Crippen molar-refractivity contribution >= 4 is 11.6 Å². The van der Waals surface area contributed by atoms with Crippen LogP contribution in [0, 0.1) is 6.92 Å². The number of carbonyl (C=O) groups excluding carboxylic acids is 1. The fourth-order valence-corrected chi connectivity index (χ4v) is 3.67. The molecule has 3 rings (SSSR count). The van der Waals surface area contributed by atoms with Crippen LogP contribution in [-0.4, -0.2) is 17.5 Å². The molecule has 0 aliphatic heterocycles. The van der Waals surface area contributed by atoms with Gasteiger partial charge in [-0.15, -0.1) is 0 Å². The zero-order chi connectivity index (χ0) is 18.4. The van der Waals surface area contributed by atoms with Gasteiger partial charge in [0.2, 0.25) is 11.8 Å². The Kier molecular flexibility index (Phi) is 5.92. The number of nitrogens with zero attached hydrogens (tertiary/aromatic N) is 1. The van der Waals surface area contributed by atoms with Gasteiger partial charge < -0.3 is 10.1 Å². The Morgan fingerprint density at radius 3 is 2.46 bits per heavy atom. The lowest BCUT2D eigenvalue weighted by atomic mass is 9.68. The summed E-state index contributed by atoms with van der Waals surface area (Å²) in [5, 5.41) is 3.09. The van der Waals surface area contributed by atoms with Gasteiger partial charge in [-0.05, 0) is 37.8 Å². The summed E-state index contributed by atoms with van der Waals surface area (Å²) in [6, 6.07) is 12.1. The molecule has 1 N–H and O–H groups in total. The molecule has 0 radical (unpaired) electrons. The lowest BCUT2D eigenvalue weighted by Crippen LogP contribution is -2.42. The molecule has 138 valence electrons. The molecule has 1 aliphatic rings. The Morgan fingerprint density at radius 1 is 1.12 bits per heavy atom. The fourth-order valence-electron chi connectivity index (χ4n) is 3.67. The van der Waals surface area contributed by atoms with Crippen molar-refractivity contribution in [1.29, 1.82) is 0 Å². The van der Waals surface area contributed by atoms with Crippen molar-refractivity contribution in [2.75, 3.05) is 11.9 Å². The van der Waals surface area contributed by atoms with Crippen molar-refractivity contribution in [3.05, 3.63) is 53.7 Å². The Labute approximate surface area is 156 Å². The lowest BCUT2D eigenvalue weighted by molar-refractivity contribution is -0.122. The first kappa shape index (κ1) is 18.4. The average Bonchev–Trinajstić information content (AvgIpc) is 2.68. The number of aryl methyl sites for hydroxylation is 1. The highest BCUT2D eigenvalue weighted by Crippen LogP contribution is 2.40. The molecule has 1 fully saturated rings. The van der Waals surface area contributed by atoms with Crippen molar-refractivity contribution in [2.45, 2.75) is 57.8 Å². The SMILES string of the molecule is CCCOc1ccc(NC(=O)C2(c3ccc(C)cc3)CCCCC2)cn1. The molecule has 0 bridgehead atoms. The highest BCUT2D eigenvalue weighted by Gasteiger charge is 2.41. The monoisotopic (exact) mass is 352 g/mol. The van der Waals surface area contributed by atoms with Gasteiger partial charge in [0.1, 0.15) is 0 Å². The molecule has 0 atom stereocenters. The van der Waals surface area contributed by atoms with Gasteiger partial charge in [0.25, 0.3) is 0 Å². The molecule has 1 saturated carbocycles. The summed E-state index contributed by atoms with van der Waals surface area (Å²) in [4.78, 5) is 17.5. The number of pyridine rings is 1. The number of amides is 1. The second-order valence-electron chi connectivity index (χ2n) is 7.20. The molecule has 4 nitrogen and oxygen atoms in total. The van der Waals surface area contributed by atoms with Crippen molar-refractivity contribution < 1.29 is 9.53 Å². The molecule has 0 unspecified atom stereocenters. The summed E-state index contributed by atoms with van der Waals surface area (Å²) in [6.07, 6.45) is 7.78. The predicted molar refractivity (Wildman–Crippen MR) is 105 cm³/mol. The van der Waals surface area contributed by atoms with Gasteiger partial charge in [-0.2, -0.15) is 0 Å². The molecule has 0 saturated heterocycles. The smallest absolute Gasteiger partial charge is 0.235 e. The lowest BCUT2D eigenvalue weighted by Gasteiger charge is -2.36. The van der Waals surface area contributed by atoms with Crippen molar-refractivity contribution in [3.8, 4) is 5.88 Å². The van der Waals surface area contributed by atoms with Gasteiger partial charge >= 0.3 is 0 Å². The fraction of sp³-hybridized carbons (Fsp3) is 0.455.